The summed E-state index contributed by atoms with van der Waals surface area (Å²) >= 11 is 3.51. The monoisotopic (exact) mass is 402 g/mol. The number of likely N-dealkylation sites (N-methyl/N-ethyl adjacent to an activating group) is 1. The lowest BCUT2D eigenvalue weighted by Gasteiger charge is -2.27. The Labute approximate surface area is 157 Å². The molecule has 1 heterocycles. The maximum absolute atomic E-state index is 12.9. The second-order valence-corrected chi connectivity index (χ2v) is 7.27. The van der Waals surface area contributed by atoms with E-state index >= 15 is 0 Å². The lowest BCUT2D eigenvalue weighted by molar-refractivity contribution is 0.102. The molecular formula is C20H23BrN2O2. The van der Waals surface area contributed by atoms with Gasteiger partial charge in [-0.3, -0.25) is 4.79 Å². The van der Waals surface area contributed by atoms with Crippen molar-refractivity contribution in [2.24, 2.45) is 0 Å². The average molecular weight is 403 g/mol. The van der Waals surface area contributed by atoms with Crippen LogP contribution in [-0.4, -0.2) is 31.0 Å². The van der Waals surface area contributed by atoms with Crippen LogP contribution in [0.4, 0.5) is 5.69 Å². The van der Waals surface area contributed by atoms with Gasteiger partial charge in [0.25, 0.3) is 5.91 Å². The third-order valence-electron chi connectivity index (χ3n) is 4.51. The Balaban J connectivity index is 1.91. The van der Waals surface area contributed by atoms with E-state index in [-0.39, 0.29) is 5.91 Å². The van der Waals surface area contributed by atoms with Crippen LogP contribution in [0.2, 0.25) is 0 Å². The molecule has 0 atom stereocenters. The SMILES string of the molecule is CCOc1cc(C)c(Br)cc1C(=O)Nc1cccc2c1CCN(C)C2. The van der Waals surface area contributed by atoms with Crippen molar-refractivity contribution >= 4 is 27.5 Å². The highest BCUT2D eigenvalue weighted by Gasteiger charge is 2.20. The summed E-state index contributed by atoms with van der Waals surface area (Å²) in [6.07, 6.45) is 0.943. The molecule has 1 aliphatic rings. The van der Waals surface area contributed by atoms with Gasteiger partial charge in [-0.2, -0.15) is 0 Å². The number of benzene rings is 2. The molecule has 0 aromatic heterocycles. The summed E-state index contributed by atoms with van der Waals surface area (Å²) in [4.78, 5) is 15.2. The molecule has 132 valence electrons. The molecule has 0 spiro atoms. The van der Waals surface area contributed by atoms with Gasteiger partial charge in [-0.1, -0.05) is 28.1 Å². The van der Waals surface area contributed by atoms with Gasteiger partial charge in [0.2, 0.25) is 0 Å². The molecule has 4 nitrogen and oxygen atoms in total. The predicted molar refractivity (Wildman–Crippen MR) is 104 cm³/mol. The average Bonchev–Trinajstić information content (AvgIpc) is 2.58. The molecule has 1 N–H and O–H groups in total. The number of hydrogen-bond acceptors (Lipinski definition) is 3. The molecule has 0 saturated carbocycles. The van der Waals surface area contributed by atoms with Crippen molar-refractivity contribution in [2.75, 3.05) is 25.5 Å². The zero-order valence-corrected chi connectivity index (χ0v) is 16.4. The minimum atomic E-state index is -0.142. The van der Waals surface area contributed by atoms with Crippen molar-refractivity contribution in [3.8, 4) is 5.75 Å². The van der Waals surface area contributed by atoms with Crippen LogP contribution in [0.5, 0.6) is 5.75 Å². The zero-order chi connectivity index (χ0) is 18.0. The van der Waals surface area contributed by atoms with Gasteiger partial charge in [0.05, 0.1) is 12.2 Å². The number of rotatable bonds is 4. The maximum atomic E-state index is 12.9. The summed E-state index contributed by atoms with van der Waals surface area (Å²) in [6, 6.07) is 9.85. The van der Waals surface area contributed by atoms with Crippen LogP contribution in [0, 0.1) is 6.92 Å². The standard InChI is InChI=1S/C20H23BrN2O2/c1-4-25-19-10-13(2)17(21)11-16(19)20(24)22-18-7-5-6-14-12-23(3)9-8-15(14)18/h5-7,10-11H,4,8-9,12H2,1-3H3,(H,22,24). The van der Waals surface area contributed by atoms with E-state index in [1.165, 1.54) is 11.1 Å². The molecule has 2 aromatic rings. The molecule has 1 aliphatic heterocycles. The topological polar surface area (TPSA) is 41.6 Å². The highest BCUT2D eigenvalue weighted by Crippen LogP contribution is 2.30. The Morgan fingerprint density at radius 1 is 1.36 bits per heavy atom. The number of carbonyl (C=O) groups is 1. The van der Waals surface area contributed by atoms with Gasteiger partial charge in [-0.25, -0.2) is 0 Å². The number of fused-ring (bicyclic) bond motifs is 1. The third-order valence-corrected chi connectivity index (χ3v) is 5.36. The Hall–Kier alpha value is -1.85. The Bertz CT molecular complexity index is 805. The summed E-state index contributed by atoms with van der Waals surface area (Å²) in [7, 11) is 2.12. The lowest BCUT2D eigenvalue weighted by atomic mass is 9.98. The van der Waals surface area contributed by atoms with E-state index in [1.807, 2.05) is 38.1 Å². The number of ether oxygens (including phenoxy) is 1. The number of amides is 1. The van der Waals surface area contributed by atoms with E-state index < -0.39 is 0 Å². The number of aryl methyl sites for hydroxylation is 1. The largest absolute Gasteiger partial charge is 0.493 e. The van der Waals surface area contributed by atoms with Crippen molar-refractivity contribution in [3.63, 3.8) is 0 Å². The Morgan fingerprint density at radius 3 is 2.92 bits per heavy atom. The van der Waals surface area contributed by atoms with Crippen molar-refractivity contribution in [1.82, 2.24) is 4.90 Å². The molecule has 0 unspecified atom stereocenters. The number of nitrogens with zero attached hydrogens (tertiary/aromatic N) is 1. The minimum absolute atomic E-state index is 0.142. The summed E-state index contributed by atoms with van der Waals surface area (Å²) in [6.45, 7) is 6.34. The predicted octanol–water partition coefficient (Wildman–Crippen LogP) is 4.40. The van der Waals surface area contributed by atoms with Crippen LogP contribution in [0.15, 0.2) is 34.8 Å². The smallest absolute Gasteiger partial charge is 0.259 e. The van der Waals surface area contributed by atoms with Crippen molar-refractivity contribution in [3.05, 3.63) is 57.1 Å². The molecule has 1 amide bonds. The first-order chi connectivity index (χ1) is 12.0. The van der Waals surface area contributed by atoms with Gasteiger partial charge in [-0.05, 0) is 62.2 Å². The lowest BCUT2D eigenvalue weighted by Crippen LogP contribution is -2.27. The summed E-state index contributed by atoms with van der Waals surface area (Å²) < 4.78 is 6.57. The molecule has 0 radical (unpaired) electrons. The number of anilines is 1. The van der Waals surface area contributed by atoms with Crippen LogP contribution >= 0.6 is 15.9 Å². The number of carbonyl (C=O) groups excluding carboxylic acids is 1. The van der Waals surface area contributed by atoms with E-state index in [4.69, 9.17) is 4.74 Å². The molecule has 0 fully saturated rings. The van der Waals surface area contributed by atoms with Crippen LogP contribution in [0.1, 0.15) is 34.0 Å². The first-order valence-electron chi connectivity index (χ1n) is 8.53. The highest BCUT2D eigenvalue weighted by molar-refractivity contribution is 9.10. The Kier molecular flexibility index (Phi) is 5.45. The molecule has 0 bridgehead atoms. The number of hydrogen-bond donors (Lipinski definition) is 1. The van der Waals surface area contributed by atoms with Crippen LogP contribution in [0.3, 0.4) is 0 Å². The van der Waals surface area contributed by atoms with Gasteiger partial charge in [0.1, 0.15) is 5.75 Å². The molecule has 2 aromatic carbocycles. The fourth-order valence-corrected chi connectivity index (χ4v) is 3.51. The Morgan fingerprint density at radius 2 is 2.16 bits per heavy atom. The quantitative estimate of drug-likeness (QED) is 0.823. The van der Waals surface area contributed by atoms with Gasteiger partial charge in [-0.15, -0.1) is 0 Å². The summed E-state index contributed by atoms with van der Waals surface area (Å²) in [5.74, 6) is 0.474. The first-order valence-corrected chi connectivity index (χ1v) is 9.32. The molecule has 0 saturated heterocycles. The normalized spacial score (nSPS) is 14.1. The van der Waals surface area contributed by atoms with E-state index in [0.29, 0.717) is 17.9 Å². The van der Waals surface area contributed by atoms with Gasteiger partial charge in [0, 0.05) is 23.2 Å². The fraction of sp³-hybridized carbons (Fsp3) is 0.350. The second-order valence-electron chi connectivity index (χ2n) is 6.42. The molecule has 0 aliphatic carbocycles. The van der Waals surface area contributed by atoms with E-state index in [9.17, 15) is 4.79 Å². The molecule has 5 heteroatoms. The first kappa shape index (κ1) is 18.0. The molecule has 25 heavy (non-hydrogen) atoms. The number of nitrogens with one attached hydrogen (secondary N) is 1. The van der Waals surface area contributed by atoms with Crippen molar-refractivity contribution in [1.29, 1.82) is 0 Å². The summed E-state index contributed by atoms with van der Waals surface area (Å²) in [5, 5.41) is 3.09. The van der Waals surface area contributed by atoms with Gasteiger partial charge in [0.15, 0.2) is 0 Å². The zero-order valence-electron chi connectivity index (χ0n) is 14.9. The minimum Gasteiger partial charge on any atom is -0.493 e. The van der Waals surface area contributed by atoms with Crippen molar-refractivity contribution in [2.45, 2.75) is 26.8 Å². The van der Waals surface area contributed by atoms with Crippen LogP contribution < -0.4 is 10.1 Å². The van der Waals surface area contributed by atoms with Gasteiger partial charge < -0.3 is 15.0 Å². The molecular weight excluding hydrogens is 380 g/mol. The van der Waals surface area contributed by atoms with E-state index in [1.54, 1.807) is 0 Å². The number of halogens is 1. The van der Waals surface area contributed by atoms with Crippen molar-refractivity contribution < 1.29 is 9.53 Å². The van der Waals surface area contributed by atoms with E-state index in [0.717, 1.165) is 35.2 Å². The molecule has 3 rings (SSSR count). The van der Waals surface area contributed by atoms with Gasteiger partial charge >= 0.3 is 0 Å². The summed E-state index contributed by atoms with van der Waals surface area (Å²) in [5.41, 5.74) is 5.00. The van der Waals surface area contributed by atoms with E-state index in [2.05, 4.69) is 39.3 Å². The van der Waals surface area contributed by atoms with Crippen LogP contribution in [-0.2, 0) is 13.0 Å². The van der Waals surface area contributed by atoms with Crippen LogP contribution in [0.25, 0.3) is 0 Å². The second kappa shape index (κ2) is 7.58. The fourth-order valence-electron chi connectivity index (χ4n) is 3.16. The highest BCUT2D eigenvalue weighted by atomic mass is 79.9. The maximum Gasteiger partial charge on any atom is 0.259 e. The third kappa shape index (κ3) is 3.88.